The zero-order chi connectivity index (χ0) is 11.4. The van der Waals surface area contributed by atoms with Crippen LogP contribution in [0.3, 0.4) is 0 Å². The summed E-state index contributed by atoms with van der Waals surface area (Å²) in [5.41, 5.74) is 1.01. The summed E-state index contributed by atoms with van der Waals surface area (Å²) in [4.78, 5) is 10.8. The molecule has 1 heterocycles. The third kappa shape index (κ3) is 2.66. The molecule has 0 saturated heterocycles. The van der Waals surface area contributed by atoms with Gasteiger partial charge in [-0.05, 0) is 17.7 Å². The maximum Gasteiger partial charge on any atom is 0.217 e. The van der Waals surface area contributed by atoms with E-state index in [4.69, 9.17) is 9.47 Å². The molecule has 0 unspecified atom stereocenters. The molecule has 1 aliphatic heterocycles. The third-order valence-corrected chi connectivity index (χ3v) is 2.35. The molecule has 1 aromatic carbocycles. The van der Waals surface area contributed by atoms with E-state index in [2.05, 4.69) is 5.32 Å². The molecule has 4 nitrogen and oxygen atoms in total. The SMILES string of the molecule is CC(=O)NCc1ccc2c(c1)OCCCO2. The van der Waals surface area contributed by atoms with E-state index in [1.165, 1.54) is 6.92 Å². The first-order valence-electron chi connectivity index (χ1n) is 5.38. The van der Waals surface area contributed by atoms with Crippen LogP contribution in [0.2, 0.25) is 0 Å². The van der Waals surface area contributed by atoms with Gasteiger partial charge in [-0.2, -0.15) is 0 Å². The Morgan fingerprint density at radius 3 is 2.81 bits per heavy atom. The topological polar surface area (TPSA) is 47.6 Å². The molecule has 0 fully saturated rings. The second-order valence-electron chi connectivity index (χ2n) is 3.74. The molecule has 1 aromatic rings. The molecule has 0 bridgehead atoms. The molecule has 0 aromatic heterocycles. The van der Waals surface area contributed by atoms with Gasteiger partial charge in [-0.1, -0.05) is 6.07 Å². The second kappa shape index (κ2) is 4.88. The third-order valence-electron chi connectivity index (χ3n) is 2.35. The molecule has 0 spiro atoms. The minimum atomic E-state index is -0.0351. The molecule has 16 heavy (non-hydrogen) atoms. The maximum atomic E-state index is 10.8. The molecular weight excluding hydrogens is 206 g/mol. The lowest BCUT2D eigenvalue weighted by Crippen LogP contribution is -2.18. The highest BCUT2D eigenvalue weighted by Gasteiger charge is 2.10. The Morgan fingerprint density at radius 2 is 2.06 bits per heavy atom. The highest BCUT2D eigenvalue weighted by atomic mass is 16.5. The fourth-order valence-electron chi connectivity index (χ4n) is 1.54. The van der Waals surface area contributed by atoms with Gasteiger partial charge in [0.2, 0.25) is 5.91 Å². The van der Waals surface area contributed by atoms with Crippen LogP contribution in [0.1, 0.15) is 18.9 Å². The van der Waals surface area contributed by atoms with Gasteiger partial charge in [-0.15, -0.1) is 0 Å². The van der Waals surface area contributed by atoms with Crippen molar-refractivity contribution in [2.75, 3.05) is 13.2 Å². The average Bonchev–Trinajstić information content (AvgIpc) is 2.50. The minimum absolute atomic E-state index is 0.0351. The van der Waals surface area contributed by atoms with E-state index >= 15 is 0 Å². The number of hydrogen-bond acceptors (Lipinski definition) is 3. The van der Waals surface area contributed by atoms with Crippen LogP contribution in [-0.4, -0.2) is 19.1 Å². The smallest absolute Gasteiger partial charge is 0.217 e. The Hall–Kier alpha value is -1.71. The van der Waals surface area contributed by atoms with Crippen LogP contribution in [0.25, 0.3) is 0 Å². The largest absolute Gasteiger partial charge is 0.490 e. The Kier molecular flexibility index (Phi) is 3.29. The Labute approximate surface area is 94.6 Å². The number of amides is 1. The van der Waals surface area contributed by atoms with Crippen LogP contribution in [0.15, 0.2) is 18.2 Å². The van der Waals surface area contributed by atoms with Crippen molar-refractivity contribution in [2.45, 2.75) is 19.9 Å². The average molecular weight is 221 g/mol. The summed E-state index contributed by atoms with van der Waals surface area (Å²) in [5, 5.41) is 2.75. The molecule has 0 aliphatic carbocycles. The number of carbonyl (C=O) groups is 1. The van der Waals surface area contributed by atoms with Crippen LogP contribution in [0.4, 0.5) is 0 Å². The van der Waals surface area contributed by atoms with Gasteiger partial charge in [0.25, 0.3) is 0 Å². The number of benzene rings is 1. The van der Waals surface area contributed by atoms with Crippen LogP contribution < -0.4 is 14.8 Å². The zero-order valence-corrected chi connectivity index (χ0v) is 9.29. The lowest BCUT2D eigenvalue weighted by atomic mass is 10.2. The molecule has 4 heteroatoms. The van der Waals surface area contributed by atoms with Gasteiger partial charge in [0.05, 0.1) is 13.2 Å². The van der Waals surface area contributed by atoms with Crippen LogP contribution in [0, 0.1) is 0 Å². The highest BCUT2D eigenvalue weighted by molar-refractivity contribution is 5.72. The minimum Gasteiger partial charge on any atom is -0.490 e. The number of nitrogens with one attached hydrogen (secondary N) is 1. The number of fused-ring (bicyclic) bond motifs is 1. The normalized spacial score (nSPS) is 14.1. The second-order valence-corrected chi connectivity index (χ2v) is 3.74. The van der Waals surface area contributed by atoms with Crippen molar-refractivity contribution < 1.29 is 14.3 Å². The summed E-state index contributed by atoms with van der Waals surface area (Å²) < 4.78 is 11.1. The van der Waals surface area contributed by atoms with E-state index in [0.717, 1.165) is 23.5 Å². The van der Waals surface area contributed by atoms with E-state index < -0.39 is 0 Å². The summed E-state index contributed by atoms with van der Waals surface area (Å²) in [6.45, 7) is 3.39. The van der Waals surface area contributed by atoms with Crippen molar-refractivity contribution in [1.29, 1.82) is 0 Å². The summed E-state index contributed by atoms with van der Waals surface area (Å²) in [6.07, 6.45) is 0.899. The van der Waals surface area contributed by atoms with Gasteiger partial charge in [0, 0.05) is 19.9 Å². The Balaban J connectivity index is 2.11. The van der Waals surface area contributed by atoms with E-state index in [9.17, 15) is 4.79 Å². The molecule has 0 radical (unpaired) electrons. The van der Waals surface area contributed by atoms with Gasteiger partial charge >= 0.3 is 0 Å². The molecule has 86 valence electrons. The van der Waals surface area contributed by atoms with Crippen molar-refractivity contribution in [2.24, 2.45) is 0 Å². The number of ether oxygens (including phenoxy) is 2. The van der Waals surface area contributed by atoms with E-state index in [1.54, 1.807) is 0 Å². The first-order chi connectivity index (χ1) is 7.75. The van der Waals surface area contributed by atoms with E-state index in [0.29, 0.717) is 19.8 Å². The van der Waals surface area contributed by atoms with Crippen LogP contribution in [-0.2, 0) is 11.3 Å². The summed E-state index contributed by atoms with van der Waals surface area (Å²) in [5.74, 6) is 1.51. The standard InChI is InChI=1S/C12H15NO3/c1-9(14)13-8-10-3-4-11-12(7-10)16-6-2-5-15-11/h3-4,7H,2,5-6,8H2,1H3,(H,13,14). The zero-order valence-electron chi connectivity index (χ0n) is 9.29. The molecule has 2 rings (SSSR count). The lowest BCUT2D eigenvalue weighted by Gasteiger charge is -2.09. The van der Waals surface area contributed by atoms with Crippen molar-refractivity contribution in [3.05, 3.63) is 23.8 Å². The predicted octanol–water partition coefficient (Wildman–Crippen LogP) is 1.48. The first-order valence-corrected chi connectivity index (χ1v) is 5.38. The fraction of sp³-hybridized carbons (Fsp3) is 0.417. The Bertz CT molecular complexity index is 390. The van der Waals surface area contributed by atoms with Crippen molar-refractivity contribution in [1.82, 2.24) is 5.32 Å². The molecule has 1 N–H and O–H groups in total. The fourth-order valence-corrected chi connectivity index (χ4v) is 1.54. The summed E-state index contributed by atoms with van der Waals surface area (Å²) in [6, 6.07) is 5.73. The van der Waals surface area contributed by atoms with Gasteiger partial charge in [-0.25, -0.2) is 0 Å². The van der Waals surface area contributed by atoms with Crippen molar-refractivity contribution >= 4 is 5.91 Å². The lowest BCUT2D eigenvalue weighted by molar-refractivity contribution is -0.119. The molecule has 1 aliphatic rings. The predicted molar refractivity (Wildman–Crippen MR) is 59.6 cm³/mol. The summed E-state index contributed by atoms with van der Waals surface area (Å²) in [7, 11) is 0. The summed E-state index contributed by atoms with van der Waals surface area (Å²) >= 11 is 0. The molecular formula is C12H15NO3. The molecule has 1 amide bonds. The molecule has 0 atom stereocenters. The number of rotatable bonds is 2. The Morgan fingerprint density at radius 1 is 1.31 bits per heavy atom. The van der Waals surface area contributed by atoms with Gasteiger partial charge in [-0.3, -0.25) is 4.79 Å². The van der Waals surface area contributed by atoms with Crippen LogP contribution in [0.5, 0.6) is 11.5 Å². The van der Waals surface area contributed by atoms with Gasteiger partial charge in [0.15, 0.2) is 11.5 Å². The van der Waals surface area contributed by atoms with Crippen molar-refractivity contribution in [3.8, 4) is 11.5 Å². The molecule has 0 saturated carbocycles. The monoisotopic (exact) mass is 221 g/mol. The van der Waals surface area contributed by atoms with Crippen LogP contribution >= 0.6 is 0 Å². The van der Waals surface area contributed by atoms with E-state index in [1.807, 2.05) is 18.2 Å². The van der Waals surface area contributed by atoms with Gasteiger partial charge in [0.1, 0.15) is 0 Å². The number of hydrogen-bond donors (Lipinski definition) is 1. The van der Waals surface area contributed by atoms with Crippen molar-refractivity contribution in [3.63, 3.8) is 0 Å². The maximum absolute atomic E-state index is 10.8. The quantitative estimate of drug-likeness (QED) is 0.823. The number of carbonyl (C=O) groups excluding carboxylic acids is 1. The first kappa shape index (κ1) is 10.8. The van der Waals surface area contributed by atoms with E-state index in [-0.39, 0.29) is 5.91 Å². The highest BCUT2D eigenvalue weighted by Crippen LogP contribution is 2.30. The van der Waals surface area contributed by atoms with Gasteiger partial charge < -0.3 is 14.8 Å².